The molecule has 3 atom stereocenters. The molecule has 2 N–H and O–H groups in total. The normalized spacial score (nSPS) is 31.7. The van der Waals surface area contributed by atoms with E-state index < -0.39 is 16.5 Å². The number of hydrogen-bond acceptors (Lipinski definition) is 4. The average Bonchev–Trinajstić information content (AvgIpc) is 2.61. The van der Waals surface area contributed by atoms with E-state index in [4.69, 9.17) is 5.73 Å². The highest BCUT2D eigenvalue weighted by atomic mass is 32.2. The molecule has 1 fully saturated rings. The third kappa shape index (κ3) is 3.68. The van der Waals surface area contributed by atoms with Gasteiger partial charge in [0.15, 0.2) is 5.96 Å². The first-order valence-electron chi connectivity index (χ1n) is 7.98. The third-order valence-electron chi connectivity index (χ3n) is 4.44. The summed E-state index contributed by atoms with van der Waals surface area (Å²) in [6.45, 7) is 8.24. The average molecular weight is 328 g/mol. The van der Waals surface area contributed by atoms with Crippen LogP contribution in [0.1, 0.15) is 40.0 Å². The van der Waals surface area contributed by atoms with Crippen molar-refractivity contribution < 1.29 is 9.00 Å². The van der Waals surface area contributed by atoms with E-state index in [0.717, 1.165) is 25.9 Å². The number of guanidine groups is 1. The Morgan fingerprint density at radius 3 is 2.77 bits per heavy atom. The zero-order valence-electron chi connectivity index (χ0n) is 14.0. The molecule has 6 nitrogen and oxygen atoms in total. The predicted molar refractivity (Wildman–Crippen MR) is 89.6 cm³/mol. The zero-order chi connectivity index (χ0) is 16.5. The Balaban J connectivity index is 2.03. The second-order valence-corrected chi connectivity index (χ2v) is 8.44. The van der Waals surface area contributed by atoms with Gasteiger partial charge >= 0.3 is 0 Å². The molecule has 0 spiro atoms. The summed E-state index contributed by atoms with van der Waals surface area (Å²) in [7, 11) is -0.948. The van der Waals surface area contributed by atoms with Crippen molar-refractivity contribution in [1.29, 1.82) is 0 Å². The summed E-state index contributed by atoms with van der Waals surface area (Å²) in [6.07, 6.45) is 4.45. The summed E-state index contributed by atoms with van der Waals surface area (Å²) in [5.74, 6) is 1.03. The van der Waals surface area contributed by atoms with Crippen LogP contribution in [-0.2, 0) is 15.8 Å². The van der Waals surface area contributed by atoms with Crippen LogP contribution in [0.3, 0.4) is 0 Å². The lowest BCUT2D eigenvalue weighted by Crippen LogP contribution is -2.48. The number of hydrogen-bond donors (Lipinski definition) is 1. The van der Waals surface area contributed by atoms with Crippen LogP contribution in [0.5, 0.6) is 0 Å². The smallest absolute Gasteiger partial charge is 0.257 e. The molecular formula is C15H28N4O2S. The van der Waals surface area contributed by atoms with Gasteiger partial charge in [-0.3, -0.25) is 9.69 Å². The minimum Gasteiger partial charge on any atom is -0.369 e. The van der Waals surface area contributed by atoms with Crippen LogP contribution < -0.4 is 5.73 Å². The Kier molecular flexibility index (Phi) is 5.27. The van der Waals surface area contributed by atoms with E-state index in [-0.39, 0.29) is 5.91 Å². The van der Waals surface area contributed by atoms with Gasteiger partial charge in [0.05, 0.1) is 11.0 Å². The summed E-state index contributed by atoms with van der Waals surface area (Å²) < 4.78 is 13.6. The van der Waals surface area contributed by atoms with Gasteiger partial charge in [0.2, 0.25) is 0 Å². The van der Waals surface area contributed by atoms with Crippen LogP contribution in [0.25, 0.3) is 0 Å². The van der Waals surface area contributed by atoms with Crippen molar-refractivity contribution in [2.75, 3.05) is 25.9 Å². The first kappa shape index (κ1) is 17.4. The van der Waals surface area contributed by atoms with E-state index in [1.165, 1.54) is 0 Å². The Morgan fingerprint density at radius 1 is 1.50 bits per heavy atom. The van der Waals surface area contributed by atoms with Gasteiger partial charge in [-0.1, -0.05) is 13.8 Å². The largest absolute Gasteiger partial charge is 0.369 e. The second-order valence-electron chi connectivity index (χ2n) is 7.08. The number of nitrogens with two attached hydrogens (primary N) is 1. The fraction of sp³-hybridized carbons (Fsp3) is 0.867. The first-order valence-corrected chi connectivity index (χ1v) is 9.50. The van der Waals surface area contributed by atoms with E-state index in [2.05, 4.69) is 18.8 Å². The molecule has 0 aromatic carbocycles. The van der Waals surface area contributed by atoms with Crippen LogP contribution in [-0.4, -0.2) is 56.7 Å². The van der Waals surface area contributed by atoms with E-state index in [9.17, 15) is 9.00 Å². The Bertz CT molecular complexity index is 494. The third-order valence-corrected chi connectivity index (χ3v) is 5.49. The summed E-state index contributed by atoms with van der Waals surface area (Å²) in [6, 6.07) is 0. The minimum absolute atomic E-state index is 0.00782. The number of piperidine rings is 1. The lowest BCUT2D eigenvalue weighted by atomic mass is 9.90. The number of carbonyl (C=O) groups excluding carboxylic acids is 1. The van der Waals surface area contributed by atoms with Gasteiger partial charge in [-0.15, -0.1) is 0 Å². The first-order chi connectivity index (χ1) is 10.2. The molecule has 1 saturated heterocycles. The van der Waals surface area contributed by atoms with Gasteiger partial charge in [0.25, 0.3) is 5.91 Å². The number of aliphatic imine (C=N–C) groups is 1. The number of rotatable bonds is 5. The molecule has 22 heavy (non-hydrogen) atoms. The maximum absolute atomic E-state index is 12.7. The van der Waals surface area contributed by atoms with Crippen LogP contribution in [0.15, 0.2) is 4.99 Å². The SMILES string of the molecule is CC(C)CC1(C)N=C(N)N(CC2CCCN(S(C)=O)C2)C1=O. The minimum atomic E-state index is -0.948. The lowest BCUT2D eigenvalue weighted by molar-refractivity contribution is -0.131. The molecule has 0 radical (unpaired) electrons. The van der Waals surface area contributed by atoms with Crippen molar-refractivity contribution in [2.45, 2.75) is 45.6 Å². The van der Waals surface area contributed by atoms with Crippen molar-refractivity contribution in [3.63, 3.8) is 0 Å². The molecule has 2 aliphatic heterocycles. The van der Waals surface area contributed by atoms with Crippen LogP contribution in [0.4, 0.5) is 0 Å². The molecule has 0 aromatic heterocycles. The van der Waals surface area contributed by atoms with E-state index >= 15 is 0 Å². The number of carbonyl (C=O) groups is 1. The molecule has 0 aliphatic carbocycles. The van der Waals surface area contributed by atoms with Crippen molar-refractivity contribution in [3.8, 4) is 0 Å². The van der Waals surface area contributed by atoms with Crippen molar-refractivity contribution in [2.24, 2.45) is 22.6 Å². The van der Waals surface area contributed by atoms with Gasteiger partial charge in [-0.2, -0.15) is 0 Å². The lowest BCUT2D eigenvalue weighted by Gasteiger charge is -2.33. The van der Waals surface area contributed by atoms with Crippen LogP contribution >= 0.6 is 0 Å². The Hall–Kier alpha value is -0.950. The molecule has 0 aromatic rings. The summed E-state index contributed by atoms with van der Waals surface area (Å²) in [5, 5.41) is 0. The molecule has 126 valence electrons. The predicted octanol–water partition coefficient (Wildman–Crippen LogP) is 0.954. The quantitative estimate of drug-likeness (QED) is 0.816. The second kappa shape index (κ2) is 6.66. The van der Waals surface area contributed by atoms with Gasteiger partial charge < -0.3 is 5.73 Å². The Labute approximate surface area is 135 Å². The standard InChI is InChI=1S/C15H28N4O2S/c1-11(2)8-15(3)13(20)19(14(16)17-15)10-12-6-5-7-18(9-12)22(4)21/h11-12H,5-10H2,1-4H3,(H2,16,17). The molecule has 0 bridgehead atoms. The molecule has 1 amide bonds. The van der Waals surface area contributed by atoms with E-state index in [1.807, 2.05) is 11.2 Å². The van der Waals surface area contributed by atoms with Gasteiger partial charge in [-0.25, -0.2) is 13.5 Å². The maximum Gasteiger partial charge on any atom is 0.257 e. The highest BCUT2D eigenvalue weighted by Gasteiger charge is 2.44. The maximum atomic E-state index is 12.7. The molecule has 2 heterocycles. The van der Waals surface area contributed by atoms with Crippen LogP contribution in [0.2, 0.25) is 0 Å². The molecule has 7 heteroatoms. The monoisotopic (exact) mass is 328 g/mol. The van der Waals surface area contributed by atoms with Crippen LogP contribution in [0, 0.1) is 11.8 Å². The fourth-order valence-corrected chi connectivity index (χ4v) is 4.33. The van der Waals surface area contributed by atoms with Crippen molar-refractivity contribution >= 4 is 22.9 Å². The summed E-state index contributed by atoms with van der Waals surface area (Å²) in [4.78, 5) is 18.8. The van der Waals surface area contributed by atoms with Crippen molar-refractivity contribution in [1.82, 2.24) is 9.21 Å². The molecule has 2 aliphatic rings. The topological polar surface area (TPSA) is 79.0 Å². The van der Waals surface area contributed by atoms with Gasteiger partial charge in [0, 0.05) is 25.9 Å². The van der Waals surface area contributed by atoms with E-state index in [0.29, 0.717) is 30.8 Å². The van der Waals surface area contributed by atoms with E-state index in [1.54, 1.807) is 11.2 Å². The highest BCUT2D eigenvalue weighted by Crippen LogP contribution is 2.30. The number of nitrogens with zero attached hydrogens (tertiary/aromatic N) is 3. The summed E-state index contributed by atoms with van der Waals surface area (Å²) >= 11 is 0. The zero-order valence-corrected chi connectivity index (χ0v) is 14.9. The Morgan fingerprint density at radius 2 is 2.18 bits per heavy atom. The fourth-order valence-electron chi connectivity index (χ4n) is 3.53. The van der Waals surface area contributed by atoms with Gasteiger partial charge in [0.1, 0.15) is 5.54 Å². The molecule has 2 rings (SSSR count). The highest BCUT2D eigenvalue weighted by molar-refractivity contribution is 7.81. The number of amides is 1. The van der Waals surface area contributed by atoms with Gasteiger partial charge in [-0.05, 0) is 38.0 Å². The molecule has 3 unspecified atom stereocenters. The van der Waals surface area contributed by atoms with Crippen molar-refractivity contribution in [3.05, 3.63) is 0 Å². The molecular weight excluding hydrogens is 300 g/mol. The summed E-state index contributed by atoms with van der Waals surface area (Å²) in [5.41, 5.74) is 5.29. The molecule has 0 saturated carbocycles.